The third-order valence-electron chi connectivity index (χ3n) is 4.62. The van der Waals surface area contributed by atoms with Crippen LogP contribution in [0.1, 0.15) is 0 Å². The van der Waals surface area contributed by atoms with Gasteiger partial charge in [0, 0.05) is 6.07 Å². The lowest BCUT2D eigenvalue weighted by Crippen LogP contribution is -2.14. The molecule has 10 heteroatoms. The molecule has 0 aliphatic carbocycles. The monoisotopic (exact) mass is 462 g/mol. The summed E-state index contributed by atoms with van der Waals surface area (Å²) in [5.41, 5.74) is 2.78. The largest absolute Gasteiger partial charge is 0.436 e. The number of benzene rings is 3. The smallest absolute Gasteiger partial charge is 0.273 e. The van der Waals surface area contributed by atoms with Gasteiger partial charge >= 0.3 is 0 Å². The summed E-state index contributed by atoms with van der Waals surface area (Å²) in [5.74, 6) is 0.289. The van der Waals surface area contributed by atoms with Crippen molar-refractivity contribution >= 4 is 61.7 Å². The molecule has 0 saturated carbocycles. The van der Waals surface area contributed by atoms with Gasteiger partial charge in [0.05, 0.1) is 38.2 Å². The Balaban J connectivity index is 1.34. The minimum atomic E-state index is -0.487. The van der Waals surface area contributed by atoms with Crippen LogP contribution in [0, 0.1) is 10.1 Å². The average Bonchev–Trinajstić information content (AvgIpc) is 3.41. The third kappa shape index (κ3) is 4.05. The zero-order valence-electron chi connectivity index (χ0n) is 16.3. The SMILES string of the molecule is O=C(CSc1nc2ccccc2s1)Nc1ccccc1-c1nc2ccc([N+](=O)[O-])cc2o1. The summed E-state index contributed by atoms with van der Waals surface area (Å²) in [6.45, 7) is 0. The zero-order chi connectivity index (χ0) is 22.1. The fourth-order valence-corrected chi connectivity index (χ4v) is 5.02. The second kappa shape index (κ2) is 8.40. The molecule has 0 unspecified atom stereocenters. The van der Waals surface area contributed by atoms with Crippen LogP contribution in [-0.4, -0.2) is 26.6 Å². The van der Waals surface area contributed by atoms with Crippen LogP contribution in [0.3, 0.4) is 0 Å². The van der Waals surface area contributed by atoms with E-state index in [1.807, 2.05) is 24.3 Å². The number of thioether (sulfide) groups is 1. The number of non-ortho nitro benzene ring substituents is 1. The van der Waals surface area contributed by atoms with E-state index in [0.717, 1.165) is 14.6 Å². The molecule has 1 amide bonds. The van der Waals surface area contributed by atoms with Crippen LogP contribution in [0.25, 0.3) is 32.8 Å². The van der Waals surface area contributed by atoms with Gasteiger partial charge in [0.25, 0.3) is 5.69 Å². The van der Waals surface area contributed by atoms with Gasteiger partial charge in [-0.15, -0.1) is 11.3 Å². The van der Waals surface area contributed by atoms with Crippen molar-refractivity contribution in [2.45, 2.75) is 4.34 Å². The van der Waals surface area contributed by atoms with E-state index in [0.29, 0.717) is 22.4 Å². The molecular weight excluding hydrogens is 448 g/mol. The number of amides is 1. The maximum atomic E-state index is 12.6. The minimum Gasteiger partial charge on any atom is -0.436 e. The highest BCUT2D eigenvalue weighted by Gasteiger charge is 2.16. The number of hydrogen-bond acceptors (Lipinski definition) is 8. The number of anilines is 1. The van der Waals surface area contributed by atoms with Crippen molar-refractivity contribution in [3.63, 3.8) is 0 Å². The first-order valence-electron chi connectivity index (χ1n) is 9.49. The molecule has 5 aromatic rings. The number of aromatic nitrogens is 2. The fraction of sp³-hybridized carbons (Fsp3) is 0.0455. The van der Waals surface area contributed by atoms with Gasteiger partial charge in [0.2, 0.25) is 11.8 Å². The van der Waals surface area contributed by atoms with E-state index in [9.17, 15) is 14.9 Å². The van der Waals surface area contributed by atoms with Crippen LogP contribution >= 0.6 is 23.1 Å². The van der Waals surface area contributed by atoms with Gasteiger partial charge in [0.15, 0.2) is 9.92 Å². The van der Waals surface area contributed by atoms with Gasteiger partial charge in [-0.1, -0.05) is 36.0 Å². The van der Waals surface area contributed by atoms with Gasteiger partial charge in [-0.25, -0.2) is 9.97 Å². The molecule has 3 aromatic carbocycles. The number of oxazole rings is 1. The van der Waals surface area contributed by atoms with Crippen molar-refractivity contribution in [3.05, 3.63) is 76.8 Å². The maximum absolute atomic E-state index is 12.6. The Bertz CT molecular complexity index is 1440. The molecule has 0 bridgehead atoms. The molecule has 0 fully saturated rings. The number of nitro groups is 1. The van der Waals surface area contributed by atoms with E-state index in [4.69, 9.17) is 4.42 Å². The van der Waals surface area contributed by atoms with Crippen molar-refractivity contribution in [2.24, 2.45) is 0 Å². The first kappa shape index (κ1) is 20.2. The number of rotatable bonds is 6. The molecular formula is C22H14N4O4S2. The molecule has 158 valence electrons. The van der Waals surface area contributed by atoms with Gasteiger partial charge in [-0.3, -0.25) is 14.9 Å². The molecule has 0 radical (unpaired) electrons. The molecule has 2 aromatic heterocycles. The molecule has 0 spiro atoms. The second-order valence-corrected chi connectivity index (χ2v) is 9.01. The van der Waals surface area contributed by atoms with E-state index < -0.39 is 4.92 Å². The van der Waals surface area contributed by atoms with E-state index in [1.165, 1.54) is 30.0 Å². The van der Waals surface area contributed by atoms with Gasteiger partial charge < -0.3 is 9.73 Å². The van der Waals surface area contributed by atoms with Crippen molar-refractivity contribution in [3.8, 4) is 11.5 Å². The number of thiazole rings is 1. The molecule has 8 nitrogen and oxygen atoms in total. The van der Waals surface area contributed by atoms with E-state index in [2.05, 4.69) is 15.3 Å². The molecule has 0 aliphatic heterocycles. The van der Waals surface area contributed by atoms with Gasteiger partial charge in [0.1, 0.15) is 5.52 Å². The number of hydrogen-bond donors (Lipinski definition) is 1. The highest BCUT2D eigenvalue weighted by molar-refractivity contribution is 8.01. The molecule has 0 atom stereocenters. The summed E-state index contributed by atoms with van der Waals surface area (Å²) in [6.07, 6.45) is 0. The normalized spacial score (nSPS) is 11.1. The number of para-hydroxylation sites is 2. The lowest BCUT2D eigenvalue weighted by molar-refractivity contribution is -0.384. The minimum absolute atomic E-state index is 0.0753. The zero-order valence-corrected chi connectivity index (χ0v) is 18.0. The van der Waals surface area contributed by atoms with Gasteiger partial charge in [-0.05, 0) is 30.3 Å². The van der Waals surface area contributed by atoms with Crippen LogP contribution in [0.15, 0.2) is 75.5 Å². The number of nitro benzene ring substituents is 1. The molecule has 0 aliphatic rings. The third-order valence-corrected chi connectivity index (χ3v) is 6.79. The number of nitrogens with one attached hydrogen (secondary N) is 1. The molecule has 32 heavy (non-hydrogen) atoms. The highest BCUT2D eigenvalue weighted by Crippen LogP contribution is 2.32. The molecule has 5 rings (SSSR count). The van der Waals surface area contributed by atoms with Crippen LogP contribution in [0.5, 0.6) is 0 Å². The van der Waals surface area contributed by atoms with E-state index >= 15 is 0 Å². The maximum Gasteiger partial charge on any atom is 0.273 e. The Morgan fingerprint density at radius 3 is 2.72 bits per heavy atom. The number of carbonyl (C=O) groups is 1. The standard InChI is InChI=1S/C22H14N4O4S2/c27-20(12-31-22-25-17-7-3-4-8-19(17)32-22)23-15-6-2-1-5-14(15)21-24-16-10-9-13(26(28)29)11-18(16)30-21/h1-11H,12H2,(H,23,27). The topological polar surface area (TPSA) is 111 Å². The van der Waals surface area contributed by atoms with Crippen LogP contribution in [-0.2, 0) is 4.79 Å². The quantitative estimate of drug-likeness (QED) is 0.194. The van der Waals surface area contributed by atoms with Crippen molar-refractivity contribution in [1.82, 2.24) is 9.97 Å². The summed E-state index contributed by atoms with van der Waals surface area (Å²) in [4.78, 5) is 32.1. The first-order chi connectivity index (χ1) is 15.6. The molecule has 2 heterocycles. The van der Waals surface area contributed by atoms with Gasteiger partial charge in [-0.2, -0.15) is 0 Å². The van der Waals surface area contributed by atoms with E-state index in [1.54, 1.807) is 35.6 Å². The van der Waals surface area contributed by atoms with Crippen molar-refractivity contribution < 1.29 is 14.1 Å². The molecule has 1 N–H and O–H groups in total. The van der Waals surface area contributed by atoms with Crippen LogP contribution in [0.2, 0.25) is 0 Å². The lowest BCUT2D eigenvalue weighted by atomic mass is 10.2. The predicted octanol–water partition coefficient (Wildman–Crippen LogP) is 5.74. The number of nitrogens with zero attached hydrogens (tertiary/aromatic N) is 3. The summed E-state index contributed by atoms with van der Waals surface area (Å²) in [5, 5.41) is 13.9. The predicted molar refractivity (Wildman–Crippen MR) is 125 cm³/mol. The first-order valence-corrected chi connectivity index (χ1v) is 11.3. The highest BCUT2D eigenvalue weighted by atomic mass is 32.2. The summed E-state index contributed by atoms with van der Waals surface area (Å²) in [7, 11) is 0. The Kier molecular flexibility index (Phi) is 5.29. The van der Waals surface area contributed by atoms with E-state index in [-0.39, 0.29) is 23.2 Å². The fourth-order valence-electron chi connectivity index (χ4n) is 3.15. The Morgan fingerprint density at radius 1 is 1.06 bits per heavy atom. The van der Waals surface area contributed by atoms with Crippen molar-refractivity contribution in [1.29, 1.82) is 0 Å². The summed E-state index contributed by atoms with van der Waals surface area (Å²) in [6, 6.07) is 19.2. The Morgan fingerprint density at radius 2 is 1.88 bits per heavy atom. The second-order valence-electron chi connectivity index (χ2n) is 6.76. The summed E-state index contributed by atoms with van der Waals surface area (Å²) < 4.78 is 7.66. The number of carbonyl (C=O) groups excluding carboxylic acids is 1. The van der Waals surface area contributed by atoms with Crippen molar-refractivity contribution in [2.75, 3.05) is 11.1 Å². The molecule has 0 saturated heterocycles. The van der Waals surface area contributed by atoms with Crippen LogP contribution < -0.4 is 5.32 Å². The Labute approximate surface area is 189 Å². The summed E-state index contributed by atoms with van der Waals surface area (Å²) >= 11 is 2.93. The number of fused-ring (bicyclic) bond motifs is 2. The Hall–Kier alpha value is -3.76. The lowest BCUT2D eigenvalue weighted by Gasteiger charge is -2.08. The average molecular weight is 463 g/mol. The van der Waals surface area contributed by atoms with Crippen LogP contribution in [0.4, 0.5) is 11.4 Å².